The fraction of sp³-hybridized carbons (Fsp3) is 0. The van der Waals surface area contributed by atoms with Crippen LogP contribution in [0.4, 0.5) is 5.82 Å². The molecule has 0 aliphatic heterocycles. The largest absolute Gasteiger partial charge is 0.478 e. The molecule has 2 aromatic heterocycles. The van der Waals surface area contributed by atoms with Crippen LogP contribution in [0, 0.1) is 4.91 Å². The predicted octanol–water partition coefficient (Wildman–Crippen LogP) is 3.10. The molecule has 0 radical (unpaired) electrons. The minimum Gasteiger partial charge on any atom is -0.478 e. The van der Waals surface area contributed by atoms with Gasteiger partial charge in [-0.1, -0.05) is 30.3 Å². The zero-order chi connectivity index (χ0) is 14.1. The molecule has 0 amide bonds. The fourth-order valence-electron chi connectivity index (χ4n) is 2.04. The van der Waals surface area contributed by atoms with Crippen molar-refractivity contribution in [3.8, 4) is 11.3 Å². The Bertz CT molecular complexity index is 809. The molecule has 20 heavy (non-hydrogen) atoms. The van der Waals surface area contributed by atoms with E-state index in [1.165, 1.54) is 22.7 Å². The zero-order valence-corrected chi connectivity index (χ0v) is 10.2. The van der Waals surface area contributed by atoms with Crippen molar-refractivity contribution in [3.63, 3.8) is 0 Å². The van der Waals surface area contributed by atoms with E-state index < -0.39 is 5.97 Å². The molecule has 98 valence electrons. The topological polar surface area (TPSA) is 84.0 Å². The van der Waals surface area contributed by atoms with E-state index in [-0.39, 0.29) is 11.4 Å². The number of carboxylic acids is 1. The van der Waals surface area contributed by atoms with Gasteiger partial charge in [0.25, 0.3) is 0 Å². The first-order chi connectivity index (χ1) is 9.70. The Labute approximate surface area is 113 Å². The molecule has 6 heteroatoms. The van der Waals surface area contributed by atoms with Crippen LogP contribution < -0.4 is 0 Å². The second-order valence-corrected chi connectivity index (χ2v) is 4.19. The van der Waals surface area contributed by atoms with Crippen molar-refractivity contribution >= 4 is 17.4 Å². The number of aromatic carboxylic acids is 1. The lowest BCUT2D eigenvalue weighted by atomic mass is 10.1. The summed E-state index contributed by atoms with van der Waals surface area (Å²) in [5.74, 6) is -0.888. The summed E-state index contributed by atoms with van der Waals surface area (Å²) < 4.78 is 1.47. The van der Waals surface area contributed by atoms with Gasteiger partial charge in [0.05, 0.1) is 5.56 Å². The maximum absolute atomic E-state index is 11.1. The summed E-state index contributed by atoms with van der Waals surface area (Å²) in [6, 6.07) is 12.0. The van der Waals surface area contributed by atoms with E-state index in [4.69, 9.17) is 5.11 Å². The number of aromatic nitrogens is 2. The van der Waals surface area contributed by atoms with Crippen molar-refractivity contribution in [1.82, 2.24) is 9.38 Å². The molecule has 0 bridgehead atoms. The molecule has 0 unspecified atom stereocenters. The van der Waals surface area contributed by atoms with Crippen molar-refractivity contribution in [2.75, 3.05) is 0 Å². The highest BCUT2D eigenvalue weighted by atomic mass is 16.4. The standard InChI is InChI=1S/C14H9N3O3/c18-14(19)10-6-7-17-11(8-10)15-12(13(17)16-20)9-4-2-1-3-5-9/h1-8H,(H,18,19). The van der Waals surface area contributed by atoms with E-state index >= 15 is 0 Å². The molecule has 0 saturated heterocycles. The third-order valence-electron chi connectivity index (χ3n) is 2.98. The summed E-state index contributed by atoms with van der Waals surface area (Å²) in [5, 5.41) is 12.0. The van der Waals surface area contributed by atoms with Gasteiger partial charge in [-0.3, -0.25) is 4.40 Å². The molecule has 0 aliphatic carbocycles. The Kier molecular flexibility index (Phi) is 2.76. The van der Waals surface area contributed by atoms with Gasteiger partial charge in [0.1, 0.15) is 11.3 Å². The summed E-state index contributed by atoms with van der Waals surface area (Å²) in [5.41, 5.74) is 1.67. The molecule has 3 rings (SSSR count). The average Bonchev–Trinajstić information content (AvgIpc) is 2.85. The van der Waals surface area contributed by atoms with E-state index in [0.717, 1.165) is 5.56 Å². The lowest BCUT2D eigenvalue weighted by Crippen LogP contribution is -1.97. The van der Waals surface area contributed by atoms with Crippen LogP contribution in [0.5, 0.6) is 0 Å². The monoisotopic (exact) mass is 267 g/mol. The molecule has 1 aromatic carbocycles. The summed E-state index contributed by atoms with van der Waals surface area (Å²) in [6.45, 7) is 0. The SMILES string of the molecule is O=Nc1c(-c2ccccc2)nc2cc(C(=O)O)ccn12. The second kappa shape index (κ2) is 4.58. The van der Waals surface area contributed by atoms with Gasteiger partial charge in [-0.15, -0.1) is 4.91 Å². The number of rotatable bonds is 3. The Morgan fingerprint density at radius 1 is 1.20 bits per heavy atom. The zero-order valence-electron chi connectivity index (χ0n) is 10.2. The van der Waals surface area contributed by atoms with Crippen molar-refractivity contribution in [2.24, 2.45) is 5.18 Å². The molecule has 0 aliphatic rings. The predicted molar refractivity (Wildman–Crippen MR) is 73.0 cm³/mol. The highest BCUT2D eigenvalue weighted by Crippen LogP contribution is 2.30. The van der Waals surface area contributed by atoms with Gasteiger partial charge in [0.15, 0.2) is 0 Å². The summed E-state index contributed by atoms with van der Waals surface area (Å²) in [7, 11) is 0. The number of hydrogen-bond acceptors (Lipinski definition) is 4. The van der Waals surface area contributed by atoms with E-state index in [2.05, 4.69) is 10.2 Å². The molecule has 3 aromatic rings. The Morgan fingerprint density at radius 3 is 2.60 bits per heavy atom. The Balaban J connectivity index is 2.28. The Morgan fingerprint density at radius 2 is 1.95 bits per heavy atom. The van der Waals surface area contributed by atoms with Crippen LogP contribution >= 0.6 is 0 Å². The summed E-state index contributed by atoms with van der Waals surface area (Å²) in [4.78, 5) is 26.3. The number of hydrogen-bond donors (Lipinski definition) is 1. The van der Waals surface area contributed by atoms with Crippen LogP contribution in [0.3, 0.4) is 0 Å². The molecular formula is C14H9N3O3. The third-order valence-corrected chi connectivity index (χ3v) is 2.98. The number of nitroso groups, excluding NO2 is 1. The Hall–Kier alpha value is -3.02. The summed E-state index contributed by atoms with van der Waals surface area (Å²) in [6.07, 6.45) is 1.48. The maximum Gasteiger partial charge on any atom is 0.335 e. The molecule has 0 saturated carbocycles. The third kappa shape index (κ3) is 1.83. The highest BCUT2D eigenvalue weighted by Gasteiger charge is 2.15. The minimum absolute atomic E-state index is 0.111. The van der Waals surface area contributed by atoms with Gasteiger partial charge >= 0.3 is 5.97 Å². The first-order valence-electron chi connectivity index (χ1n) is 5.85. The second-order valence-electron chi connectivity index (χ2n) is 4.19. The van der Waals surface area contributed by atoms with Crippen LogP contribution in [0.1, 0.15) is 10.4 Å². The number of carboxylic acid groups (broad SMARTS) is 1. The van der Waals surface area contributed by atoms with Crippen LogP contribution in [0.2, 0.25) is 0 Å². The van der Waals surface area contributed by atoms with E-state index in [0.29, 0.717) is 11.3 Å². The fourth-order valence-corrected chi connectivity index (χ4v) is 2.04. The van der Waals surface area contributed by atoms with Crippen LogP contribution in [0.15, 0.2) is 53.8 Å². The quantitative estimate of drug-likeness (QED) is 0.739. The number of pyridine rings is 1. The lowest BCUT2D eigenvalue weighted by Gasteiger charge is -1.97. The number of carbonyl (C=O) groups is 1. The number of fused-ring (bicyclic) bond motifs is 1. The van der Waals surface area contributed by atoms with Crippen LogP contribution in [0.25, 0.3) is 16.9 Å². The molecule has 1 N–H and O–H groups in total. The average molecular weight is 267 g/mol. The van der Waals surface area contributed by atoms with Crippen molar-refractivity contribution in [1.29, 1.82) is 0 Å². The molecule has 2 heterocycles. The van der Waals surface area contributed by atoms with E-state index in [1.54, 1.807) is 0 Å². The van der Waals surface area contributed by atoms with Gasteiger partial charge in [-0.05, 0) is 17.3 Å². The van der Waals surface area contributed by atoms with Crippen molar-refractivity contribution < 1.29 is 9.90 Å². The van der Waals surface area contributed by atoms with Crippen LogP contribution in [-0.4, -0.2) is 20.5 Å². The molecule has 0 atom stereocenters. The first-order valence-corrected chi connectivity index (χ1v) is 5.85. The summed E-state index contributed by atoms with van der Waals surface area (Å²) >= 11 is 0. The van der Waals surface area contributed by atoms with Gasteiger partial charge in [0.2, 0.25) is 5.82 Å². The number of nitrogens with zero attached hydrogens (tertiary/aromatic N) is 3. The van der Waals surface area contributed by atoms with Gasteiger partial charge < -0.3 is 5.11 Å². The lowest BCUT2D eigenvalue weighted by molar-refractivity contribution is 0.0697. The maximum atomic E-state index is 11.1. The normalized spacial score (nSPS) is 10.6. The van der Waals surface area contributed by atoms with Gasteiger partial charge in [-0.25, -0.2) is 9.78 Å². The molecule has 6 nitrogen and oxygen atoms in total. The van der Waals surface area contributed by atoms with E-state index in [9.17, 15) is 9.70 Å². The molecule has 0 spiro atoms. The van der Waals surface area contributed by atoms with Crippen LogP contribution in [-0.2, 0) is 0 Å². The van der Waals surface area contributed by atoms with Crippen molar-refractivity contribution in [2.45, 2.75) is 0 Å². The number of benzene rings is 1. The number of imidazole rings is 1. The van der Waals surface area contributed by atoms with Crippen molar-refractivity contribution in [3.05, 3.63) is 59.1 Å². The molecular weight excluding hydrogens is 258 g/mol. The minimum atomic E-state index is -1.04. The van der Waals surface area contributed by atoms with Gasteiger partial charge in [0, 0.05) is 11.8 Å². The smallest absolute Gasteiger partial charge is 0.335 e. The first kappa shape index (κ1) is 12.0. The highest BCUT2D eigenvalue weighted by molar-refractivity contribution is 5.89. The van der Waals surface area contributed by atoms with E-state index in [1.807, 2.05) is 30.3 Å². The van der Waals surface area contributed by atoms with Gasteiger partial charge in [-0.2, -0.15) is 0 Å². The molecule has 0 fully saturated rings.